The first-order valence-electron chi connectivity index (χ1n) is 6.02. The second-order valence-electron chi connectivity index (χ2n) is 4.54. The van der Waals surface area contributed by atoms with E-state index in [0.29, 0.717) is 15.6 Å². The molecular weight excluding hydrogens is 271 g/mol. The first kappa shape index (κ1) is 13.7. The van der Waals surface area contributed by atoms with Crippen LogP contribution < -0.4 is 5.32 Å². The van der Waals surface area contributed by atoms with Crippen LogP contribution in [-0.2, 0) is 0 Å². The minimum absolute atomic E-state index is 0.0730. The van der Waals surface area contributed by atoms with E-state index in [1.54, 1.807) is 23.1 Å². The smallest absolute Gasteiger partial charge is 0.255 e. The van der Waals surface area contributed by atoms with E-state index in [0.717, 1.165) is 25.9 Å². The van der Waals surface area contributed by atoms with Crippen molar-refractivity contribution in [3.63, 3.8) is 0 Å². The van der Waals surface area contributed by atoms with Crippen molar-refractivity contribution in [3.05, 3.63) is 33.8 Å². The van der Waals surface area contributed by atoms with E-state index in [4.69, 9.17) is 23.2 Å². The number of nitrogens with zero attached hydrogens (tertiary/aromatic N) is 1. The Morgan fingerprint density at radius 3 is 2.89 bits per heavy atom. The fourth-order valence-corrected chi connectivity index (χ4v) is 2.55. The molecule has 1 aliphatic rings. The highest BCUT2D eigenvalue weighted by atomic mass is 35.5. The lowest BCUT2D eigenvalue weighted by atomic mass is 10.1. The van der Waals surface area contributed by atoms with E-state index >= 15 is 0 Å². The maximum Gasteiger partial charge on any atom is 0.255 e. The summed E-state index contributed by atoms with van der Waals surface area (Å²) in [5, 5.41) is 4.27. The number of piperidine rings is 1. The molecule has 1 atom stereocenters. The van der Waals surface area contributed by atoms with Crippen molar-refractivity contribution in [3.8, 4) is 0 Å². The van der Waals surface area contributed by atoms with Crippen LogP contribution in [-0.4, -0.2) is 37.0 Å². The van der Waals surface area contributed by atoms with E-state index in [1.165, 1.54) is 0 Å². The van der Waals surface area contributed by atoms with Crippen molar-refractivity contribution >= 4 is 29.1 Å². The van der Waals surface area contributed by atoms with Crippen LogP contribution >= 0.6 is 23.2 Å². The van der Waals surface area contributed by atoms with Gasteiger partial charge in [-0.2, -0.15) is 0 Å². The van der Waals surface area contributed by atoms with Crippen LogP contribution in [0.25, 0.3) is 0 Å². The molecule has 2 rings (SSSR count). The summed E-state index contributed by atoms with van der Waals surface area (Å²) >= 11 is 12.0. The standard InChI is InChI=1S/C13H16Cl2N2O/c1-17(10-3-2-6-16-8-10)13(18)11-7-9(14)4-5-12(11)15/h4-5,7,10,16H,2-3,6,8H2,1H3. The van der Waals surface area contributed by atoms with E-state index in [-0.39, 0.29) is 11.9 Å². The maximum absolute atomic E-state index is 12.4. The molecule has 1 fully saturated rings. The molecule has 5 heteroatoms. The average molecular weight is 287 g/mol. The normalized spacial score (nSPS) is 19.6. The van der Waals surface area contributed by atoms with Crippen molar-refractivity contribution in [1.29, 1.82) is 0 Å². The third-order valence-corrected chi connectivity index (χ3v) is 3.86. The molecule has 98 valence electrons. The third kappa shape index (κ3) is 2.97. The van der Waals surface area contributed by atoms with Gasteiger partial charge in [-0.1, -0.05) is 23.2 Å². The van der Waals surface area contributed by atoms with Gasteiger partial charge in [-0.25, -0.2) is 0 Å². The van der Waals surface area contributed by atoms with Gasteiger partial charge in [0, 0.05) is 24.7 Å². The van der Waals surface area contributed by atoms with E-state index in [2.05, 4.69) is 5.32 Å². The molecule has 1 N–H and O–H groups in total. The molecule has 1 aliphatic heterocycles. The molecule has 0 radical (unpaired) electrons. The second-order valence-corrected chi connectivity index (χ2v) is 5.38. The molecule has 0 aliphatic carbocycles. The number of amides is 1. The van der Waals surface area contributed by atoms with E-state index in [1.807, 2.05) is 7.05 Å². The number of hydrogen-bond acceptors (Lipinski definition) is 2. The van der Waals surface area contributed by atoms with Crippen molar-refractivity contribution in [2.75, 3.05) is 20.1 Å². The van der Waals surface area contributed by atoms with Gasteiger partial charge >= 0.3 is 0 Å². The van der Waals surface area contributed by atoms with Crippen LogP contribution in [0.1, 0.15) is 23.2 Å². The van der Waals surface area contributed by atoms with Gasteiger partial charge < -0.3 is 10.2 Å². The summed E-state index contributed by atoms with van der Waals surface area (Å²) in [5.74, 6) is -0.0730. The predicted octanol–water partition coefficient (Wildman–Crippen LogP) is 2.82. The number of halogens is 2. The predicted molar refractivity (Wildman–Crippen MR) is 74.4 cm³/mol. The SMILES string of the molecule is CN(C(=O)c1cc(Cl)ccc1Cl)C1CCCNC1. The van der Waals surface area contributed by atoms with Gasteiger partial charge in [0.15, 0.2) is 0 Å². The molecule has 0 saturated carbocycles. The Balaban J connectivity index is 2.16. The molecule has 0 spiro atoms. The van der Waals surface area contributed by atoms with Gasteiger partial charge in [-0.05, 0) is 37.6 Å². The Bertz CT molecular complexity index is 445. The minimum atomic E-state index is -0.0730. The first-order valence-corrected chi connectivity index (χ1v) is 6.78. The molecule has 18 heavy (non-hydrogen) atoms. The molecule has 1 heterocycles. The lowest BCUT2D eigenvalue weighted by Crippen LogP contribution is -2.46. The zero-order chi connectivity index (χ0) is 13.1. The van der Waals surface area contributed by atoms with Gasteiger partial charge in [0.2, 0.25) is 0 Å². The first-order chi connectivity index (χ1) is 8.59. The highest BCUT2D eigenvalue weighted by Crippen LogP contribution is 2.23. The number of nitrogens with one attached hydrogen (secondary N) is 1. The molecule has 1 amide bonds. The molecule has 1 unspecified atom stereocenters. The average Bonchev–Trinajstić information content (AvgIpc) is 2.41. The molecule has 3 nitrogen and oxygen atoms in total. The summed E-state index contributed by atoms with van der Waals surface area (Å²) < 4.78 is 0. The number of benzene rings is 1. The monoisotopic (exact) mass is 286 g/mol. The van der Waals surface area contributed by atoms with Gasteiger partial charge in [0.05, 0.1) is 10.6 Å². The van der Waals surface area contributed by atoms with Crippen LogP contribution in [0.15, 0.2) is 18.2 Å². The van der Waals surface area contributed by atoms with Crippen LogP contribution in [0.4, 0.5) is 0 Å². The highest BCUT2D eigenvalue weighted by molar-refractivity contribution is 6.35. The van der Waals surface area contributed by atoms with Gasteiger partial charge in [-0.15, -0.1) is 0 Å². The number of carbonyl (C=O) groups excluding carboxylic acids is 1. The summed E-state index contributed by atoms with van der Waals surface area (Å²) in [7, 11) is 1.82. The summed E-state index contributed by atoms with van der Waals surface area (Å²) in [6, 6.07) is 5.19. The molecule has 1 aromatic rings. The van der Waals surface area contributed by atoms with E-state index < -0.39 is 0 Å². The zero-order valence-corrected chi connectivity index (χ0v) is 11.8. The topological polar surface area (TPSA) is 32.3 Å². The van der Waals surface area contributed by atoms with Gasteiger partial charge in [0.1, 0.15) is 0 Å². The van der Waals surface area contributed by atoms with Crippen LogP contribution in [0, 0.1) is 0 Å². The van der Waals surface area contributed by atoms with E-state index in [9.17, 15) is 4.79 Å². The minimum Gasteiger partial charge on any atom is -0.337 e. The largest absolute Gasteiger partial charge is 0.337 e. The van der Waals surface area contributed by atoms with Crippen LogP contribution in [0.2, 0.25) is 10.0 Å². The molecular formula is C13H16Cl2N2O. The summed E-state index contributed by atoms with van der Waals surface area (Å²) in [5.41, 5.74) is 0.470. The Hall–Kier alpha value is -0.770. The van der Waals surface area contributed by atoms with Crippen molar-refractivity contribution < 1.29 is 4.79 Å². The van der Waals surface area contributed by atoms with Crippen LogP contribution in [0.3, 0.4) is 0 Å². The Morgan fingerprint density at radius 2 is 2.22 bits per heavy atom. The fraction of sp³-hybridized carbons (Fsp3) is 0.462. The summed E-state index contributed by atoms with van der Waals surface area (Å²) in [4.78, 5) is 14.1. The Kier molecular flexibility index (Phi) is 4.49. The van der Waals surface area contributed by atoms with Crippen molar-refractivity contribution in [2.45, 2.75) is 18.9 Å². The summed E-state index contributed by atoms with van der Waals surface area (Å²) in [6.45, 7) is 1.86. The molecule has 0 bridgehead atoms. The molecule has 1 saturated heterocycles. The number of carbonyl (C=O) groups is 1. The Labute approximate surface area is 117 Å². The fourth-order valence-electron chi connectivity index (χ4n) is 2.18. The van der Waals surface area contributed by atoms with Crippen LogP contribution in [0.5, 0.6) is 0 Å². The summed E-state index contributed by atoms with van der Waals surface area (Å²) in [6.07, 6.45) is 2.11. The lowest BCUT2D eigenvalue weighted by molar-refractivity contribution is 0.0708. The quantitative estimate of drug-likeness (QED) is 0.907. The number of likely N-dealkylation sites (N-methyl/N-ethyl adjacent to an activating group) is 1. The zero-order valence-electron chi connectivity index (χ0n) is 10.2. The molecule has 1 aromatic carbocycles. The Morgan fingerprint density at radius 1 is 1.44 bits per heavy atom. The third-order valence-electron chi connectivity index (χ3n) is 3.30. The van der Waals surface area contributed by atoms with Gasteiger partial charge in [0.25, 0.3) is 5.91 Å². The molecule has 0 aromatic heterocycles. The highest BCUT2D eigenvalue weighted by Gasteiger charge is 2.24. The van der Waals surface area contributed by atoms with Crippen molar-refractivity contribution in [2.24, 2.45) is 0 Å². The second kappa shape index (κ2) is 5.91. The maximum atomic E-state index is 12.4. The van der Waals surface area contributed by atoms with Crippen molar-refractivity contribution in [1.82, 2.24) is 10.2 Å². The van der Waals surface area contributed by atoms with Gasteiger partial charge in [-0.3, -0.25) is 4.79 Å². The number of hydrogen-bond donors (Lipinski definition) is 1. The lowest BCUT2D eigenvalue weighted by Gasteiger charge is -2.32. The number of rotatable bonds is 2.